The molecule has 3 fully saturated rings. The first-order chi connectivity index (χ1) is 34.3. The highest BCUT2D eigenvalue weighted by Gasteiger charge is 2.51. The van der Waals surface area contributed by atoms with E-state index in [0.29, 0.717) is 62.1 Å². The number of ether oxygens (including phenoxy) is 7. The van der Waals surface area contributed by atoms with Gasteiger partial charge in [0.15, 0.2) is 12.6 Å². The van der Waals surface area contributed by atoms with Crippen LogP contribution in [0.5, 0.6) is 0 Å². The van der Waals surface area contributed by atoms with E-state index in [-0.39, 0.29) is 48.8 Å². The minimum absolute atomic E-state index is 0.0102. The van der Waals surface area contributed by atoms with E-state index in [0.717, 1.165) is 0 Å². The van der Waals surface area contributed by atoms with E-state index < -0.39 is 96.5 Å². The van der Waals surface area contributed by atoms with Crippen molar-refractivity contribution in [2.45, 2.75) is 204 Å². The zero-order valence-corrected chi connectivity index (χ0v) is 46.6. The molecule has 18 atom stereocenters. The summed E-state index contributed by atoms with van der Waals surface area (Å²) in [5.74, 6) is -2.90. The molecule has 0 saturated carbocycles. The Balaban J connectivity index is 1.39. The van der Waals surface area contributed by atoms with Gasteiger partial charge in [0.05, 0.1) is 47.2 Å². The van der Waals surface area contributed by atoms with E-state index in [9.17, 15) is 29.3 Å². The van der Waals surface area contributed by atoms with Crippen molar-refractivity contribution in [1.82, 2.24) is 24.8 Å². The van der Waals surface area contributed by atoms with Crippen LogP contribution in [0.1, 0.15) is 131 Å². The number of benzene rings is 1. The van der Waals surface area contributed by atoms with Crippen molar-refractivity contribution in [3.05, 3.63) is 41.7 Å². The monoisotopic (exact) mass is 1050 g/mol. The predicted octanol–water partition coefficient (Wildman–Crippen LogP) is 6.24. The smallest absolute Gasteiger partial charge is 0.311 e. The Morgan fingerprint density at radius 1 is 1.00 bits per heavy atom. The zero-order chi connectivity index (χ0) is 54.2. The quantitative estimate of drug-likeness (QED) is 0.102. The standard InChI is InChI=1S/C53H88ClFN6O12/c1-15-42-53(10,66)48(63)36(7)60(12)29-31(2)24-52(9,65)49(34(5)46(35(6)50(64)71-42)72-45-26-51(8,68-14)25-33(4)70-45)73-44-23-40(22-32(3)69-44)59(11)21-20-39-30-61(58-57-39)41(28-55)47(67-13)37-16-18-38(19-17-37)56-43(62)27-54/h16-19,30-36,40-42,44-49,63,65-66H,15,20-29H2,1-14H3,(H,56,62)/t31-,32-,33+,34+,35-,36-,40+,41-,42-,44+,45+,46+,47-,48-,49-,51+,52-,53-/m1/s1. The number of esters is 1. The number of rotatable bonds is 17. The van der Waals surface area contributed by atoms with Crippen LogP contribution in [0.15, 0.2) is 30.5 Å². The number of amides is 1. The number of carbonyl (C=O) groups is 2. The minimum Gasteiger partial charge on any atom is -0.459 e. The molecule has 73 heavy (non-hydrogen) atoms. The molecule has 0 aliphatic carbocycles. The van der Waals surface area contributed by atoms with Gasteiger partial charge in [-0.25, -0.2) is 9.07 Å². The SMILES string of the molecule is CC[C@H]1OC(=O)[C@H](C)[C@@H](O[C@H]2C[C@@](C)(OC)C[C@H](C)O2)[C@H](C)[C@@H](O[C@H]2C[C@@H](N(C)CCc3cn([C@H](CF)[C@H](OC)c4ccc(NC(=O)CCl)cc4)nn3)C[C@@H](C)O2)[C@](C)(O)C[C@@H](C)CN(C)[C@H](C)[C@@H](O)[C@]1(C)O. The number of likely N-dealkylation sites (N-methyl/N-ethyl adjacent to an activating group) is 2. The molecular weight excluding hydrogens is 967 g/mol. The molecule has 5 rings (SSSR count). The number of cyclic esters (lactones) is 1. The first kappa shape index (κ1) is 60.9. The zero-order valence-electron chi connectivity index (χ0n) is 45.8. The first-order valence-corrected chi connectivity index (χ1v) is 26.7. The third-order valence-corrected chi connectivity index (χ3v) is 16.0. The number of anilines is 1. The van der Waals surface area contributed by atoms with Gasteiger partial charge in [-0.3, -0.25) is 9.59 Å². The molecule has 3 aliphatic heterocycles. The fourth-order valence-electron chi connectivity index (χ4n) is 11.5. The van der Waals surface area contributed by atoms with Gasteiger partial charge in [-0.15, -0.1) is 16.7 Å². The van der Waals surface area contributed by atoms with E-state index in [1.165, 1.54) is 18.7 Å². The summed E-state index contributed by atoms with van der Waals surface area (Å²) in [6.45, 7) is 18.8. The largest absolute Gasteiger partial charge is 0.459 e. The van der Waals surface area contributed by atoms with Crippen molar-refractivity contribution in [3.8, 4) is 0 Å². The van der Waals surface area contributed by atoms with Crippen LogP contribution >= 0.6 is 11.6 Å². The number of hydrogen-bond acceptors (Lipinski definition) is 16. The highest BCUT2D eigenvalue weighted by Crippen LogP contribution is 2.40. The van der Waals surface area contributed by atoms with Gasteiger partial charge in [-0.05, 0) is 105 Å². The molecule has 0 unspecified atom stereocenters. The molecule has 0 bridgehead atoms. The van der Waals surface area contributed by atoms with Crippen molar-refractivity contribution in [2.24, 2.45) is 17.8 Å². The number of alkyl halides is 2. The molecule has 1 aromatic heterocycles. The van der Waals surface area contributed by atoms with Gasteiger partial charge >= 0.3 is 5.97 Å². The van der Waals surface area contributed by atoms with Crippen LogP contribution < -0.4 is 5.32 Å². The lowest BCUT2D eigenvalue weighted by atomic mass is 9.77. The van der Waals surface area contributed by atoms with Gasteiger partial charge in [0, 0.05) is 82.9 Å². The highest BCUT2D eigenvalue weighted by molar-refractivity contribution is 6.29. The number of nitrogens with one attached hydrogen (secondary N) is 1. The van der Waals surface area contributed by atoms with Crippen molar-refractivity contribution in [2.75, 3.05) is 59.3 Å². The Hall–Kier alpha value is -2.92. The molecule has 4 N–H and O–H groups in total. The molecule has 2 aromatic rings. The number of methoxy groups -OCH3 is 2. The van der Waals surface area contributed by atoms with Gasteiger partial charge in [-0.2, -0.15) is 0 Å². The third kappa shape index (κ3) is 15.6. The summed E-state index contributed by atoms with van der Waals surface area (Å²) >= 11 is 5.64. The van der Waals surface area contributed by atoms with E-state index in [1.807, 2.05) is 60.5 Å². The number of aromatic nitrogens is 3. The van der Waals surface area contributed by atoms with Crippen LogP contribution in [0.2, 0.25) is 0 Å². The maximum atomic E-state index is 14.8. The maximum absolute atomic E-state index is 14.8. The second-order valence-electron chi connectivity index (χ2n) is 22.2. The van der Waals surface area contributed by atoms with Gasteiger partial charge in [0.25, 0.3) is 0 Å². The molecule has 416 valence electrons. The fraction of sp³-hybridized carbons (Fsp3) is 0.811. The number of carbonyl (C=O) groups excluding carboxylic acids is 2. The van der Waals surface area contributed by atoms with Crippen molar-refractivity contribution in [3.63, 3.8) is 0 Å². The number of nitrogens with zero attached hydrogens (tertiary/aromatic N) is 5. The molecule has 20 heteroatoms. The molecule has 4 heterocycles. The molecule has 0 spiro atoms. The number of hydrogen-bond donors (Lipinski definition) is 4. The van der Waals surface area contributed by atoms with E-state index in [4.69, 9.17) is 44.8 Å². The maximum Gasteiger partial charge on any atom is 0.311 e. The third-order valence-electron chi connectivity index (χ3n) is 15.8. The van der Waals surface area contributed by atoms with E-state index in [2.05, 4.69) is 20.5 Å². The van der Waals surface area contributed by atoms with Crippen LogP contribution in [0.4, 0.5) is 10.1 Å². The Morgan fingerprint density at radius 2 is 1.67 bits per heavy atom. The Morgan fingerprint density at radius 3 is 2.29 bits per heavy atom. The number of aliphatic hydroxyl groups excluding tert-OH is 1. The molecule has 1 amide bonds. The van der Waals surface area contributed by atoms with Gasteiger partial charge < -0.3 is 63.6 Å². The average Bonchev–Trinajstić information content (AvgIpc) is 3.81. The molecule has 3 aliphatic rings. The van der Waals surface area contributed by atoms with Crippen LogP contribution in [0.25, 0.3) is 0 Å². The first-order valence-electron chi connectivity index (χ1n) is 26.2. The molecule has 0 radical (unpaired) electrons. The summed E-state index contributed by atoms with van der Waals surface area (Å²) in [5, 5.41) is 47.8. The summed E-state index contributed by atoms with van der Waals surface area (Å²) < 4.78 is 61.1. The van der Waals surface area contributed by atoms with Crippen molar-refractivity contribution in [1.29, 1.82) is 0 Å². The summed E-state index contributed by atoms with van der Waals surface area (Å²) in [6.07, 6.45) is -1.94. The second-order valence-corrected chi connectivity index (χ2v) is 22.5. The summed E-state index contributed by atoms with van der Waals surface area (Å²) in [7, 11) is 7.07. The second kappa shape index (κ2) is 26.4. The van der Waals surface area contributed by atoms with Gasteiger partial charge in [0.1, 0.15) is 42.5 Å². The lowest BCUT2D eigenvalue weighted by molar-refractivity contribution is -0.292. The summed E-state index contributed by atoms with van der Waals surface area (Å²) in [6, 6.07) is 5.60. The van der Waals surface area contributed by atoms with Crippen molar-refractivity contribution >= 4 is 29.2 Å². The summed E-state index contributed by atoms with van der Waals surface area (Å²) in [5.41, 5.74) is -1.94. The lowest BCUT2D eigenvalue weighted by Gasteiger charge is -2.47. The molecule has 18 nitrogen and oxygen atoms in total. The number of halogens is 2. The lowest BCUT2D eigenvalue weighted by Crippen LogP contribution is -2.59. The molecule has 3 saturated heterocycles. The van der Waals surface area contributed by atoms with Crippen molar-refractivity contribution < 1.29 is 62.5 Å². The highest BCUT2D eigenvalue weighted by atomic mass is 35.5. The number of aliphatic hydroxyl groups is 3. The normalized spacial score (nSPS) is 37.5. The topological polar surface area (TPSA) is 209 Å². The summed E-state index contributed by atoms with van der Waals surface area (Å²) in [4.78, 5) is 30.4. The Kier molecular flexibility index (Phi) is 22.1. The van der Waals surface area contributed by atoms with Gasteiger partial charge in [0.2, 0.25) is 5.91 Å². The van der Waals surface area contributed by atoms with Crippen LogP contribution in [-0.4, -0.2) is 184 Å². The van der Waals surface area contributed by atoms with Crippen LogP contribution in [-0.2, 0) is 49.2 Å². The van der Waals surface area contributed by atoms with Gasteiger partial charge in [-0.1, -0.05) is 38.1 Å². The molecular formula is C53H88ClFN6O12. The minimum atomic E-state index is -1.80. The fourth-order valence-corrected chi connectivity index (χ4v) is 11.6. The Labute approximate surface area is 438 Å². The predicted molar refractivity (Wildman–Crippen MR) is 275 cm³/mol. The average molecular weight is 1060 g/mol. The van der Waals surface area contributed by atoms with Crippen LogP contribution in [0.3, 0.4) is 0 Å². The Bertz CT molecular complexity index is 2040. The van der Waals surface area contributed by atoms with E-state index in [1.54, 1.807) is 58.3 Å². The van der Waals surface area contributed by atoms with Crippen LogP contribution in [0, 0.1) is 17.8 Å². The van der Waals surface area contributed by atoms with E-state index >= 15 is 0 Å². The molecule has 1 aromatic carbocycles.